The van der Waals surface area contributed by atoms with E-state index in [1.54, 1.807) is 23.1 Å². The number of fused-ring (bicyclic) bond motifs is 1. The predicted octanol–water partition coefficient (Wildman–Crippen LogP) is 4.09. The van der Waals surface area contributed by atoms with Crippen LogP contribution in [-0.4, -0.2) is 58.5 Å². The van der Waals surface area contributed by atoms with Crippen molar-refractivity contribution >= 4 is 38.4 Å². The molecule has 0 bridgehead atoms. The quantitative estimate of drug-likeness (QED) is 0.467. The number of halogens is 3. The molecule has 0 N–H and O–H groups in total. The van der Waals surface area contributed by atoms with E-state index in [2.05, 4.69) is 9.97 Å². The number of hydrogen-bond acceptors (Lipinski definition) is 6. The molecule has 0 radical (unpaired) electrons. The van der Waals surface area contributed by atoms with Crippen molar-refractivity contribution in [2.24, 2.45) is 0 Å². The molecule has 2 fully saturated rings. The molecule has 2 aliphatic rings. The second kappa shape index (κ2) is 9.17. The van der Waals surface area contributed by atoms with E-state index in [9.17, 15) is 26.4 Å². The van der Waals surface area contributed by atoms with E-state index >= 15 is 0 Å². The number of sulfone groups is 1. The first-order valence-electron chi connectivity index (χ1n) is 10.6. The van der Waals surface area contributed by atoms with Crippen molar-refractivity contribution in [3.05, 3.63) is 30.1 Å². The van der Waals surface area contributed by atoms with Crippen LogP contribution in [0.25, 0.3) is 10.9 Å². The average Bonchev–Trinajstić information content (AvgIpc) is 3.11. The fraction of sp³-hybridized carbons (Fsp3) is 0.571. The first-order chi connectivity index (χ1) is 15.1. The van der Waals surface area contributed by atoms with Crippen molar-refractivity contribution in [3.63, 3.8) is 0 Å². The molecule has 6 nitrogen and oxygen atoms in total. The molecule has 1 aromatic carbocycles. The van der Waals surface area contributed by atoms with Crippen LogP contribution in [0.15, 0.2) is 29.3 Å². The Labute approximate surface area is 188 Å². The van der Waals surface area contributed by atoms with E-state index in [1.807, 2.05) is 0 Å². The smallest absolute Gasteiger partial charge is 0.335 e. The third-order valence-electron chi connectivity index (χ3n) is 6.01. The highest BCUT2D eigenvalue weighted by Gasteiger charge is 2.39. The molecule has 1 aromatic heterocycles. The van der Waals surface area contributed by atoms with E-state index in [0.717, 1.165) is 43.9 Å². The summed E-state index contributed by atoms with van der Waals surface area (Å²) in [5, 5.41) is 0.546. The normalized spacial score (nSPS) is 21.7. The lowest BCUT2D eigenvalue weighted by atomic mass is 9.93. The highest BCUT2D eigenvalue weighted by atomic mass is 32.2. The molecule has 1 saturated carbocycles. The molecular weight excluding hydrogens is 463 g/mol. The van der Waals surface area contributed by atoms with Crippen molar-refractivity contribution in [2.45, 2.75) is 61.8 Å². The third-order valence-corrected chi connectivity index (χ3v) is 8.74. The number of carbonyl (C=O) groups is 1. The van der Waals surface area contributed by atoms with Gasteiger partial charge >= 0.3 is 6.18 Å². The fourth-order valence-corrected chi connectivity index (χ4v) is 7.15. The minimum atomic E-state index is -4.70. The number of aromatic nitrogens is 2. The number of thioether (sulfide) groups is 1. The molecule has 4 rings (SSSR count). The number of nitrogens with zero attached hydrogens (tertiary/aromatic N) is 3. The summed E-state index contributed by atoms with van der Waals surface area (Å²) in [6, 6.07) is 6.00. The highest BCUT2D eigenvalue weighted by Crippen LogP contribution is 2.33. The van der Waals surface area contributed by atoms with Crippen molar-refractivity contribution < 1.29 is 26.4 Å². The molecular formula is C21H24F3N3O3S2. The molecule has 2 aromatic rings. The number of para-hydroxylation sites is 1. The molecule has 0 unspecified atom stereocenters. The number of amides is 1. The predicted molar refractivity (Wildman–Crippen MR) is 116 cm³/mol. The van der Waals surface area contributed by atoms with Gasteiger partial charge in [0.25, 0.3) is 0 Å². The van der Waals surface area contributed by atoms with Crippen LogP contribution in [0.3, 0.4) is 0 Å². The summed E-state index contributed by atoms with van der Waals surface area (Å²) >= 11 is 0.948. The molecule has 1 saturated heterocycles. The Bertz CT molecular complexity index is 1100. The standard InChI is InChI=1S/C21H24F3N3O3S2/c22-21(23,24)20-25-17-9-5-4-8-16(17)19(26-20)31-12-18(28)27(14-6-2-1-3-7-14)15-10-11-32(29,30)13-15/h4-5,8-9,14-15H,1-3,6-7,10-13H2/t15-/m0/s1. The van der Waals surface area contributed by atoms with Gasteiger partial charge in [-0.05, 0) is 25.3 Å². The van der Waals surface area contributed by atoms with Gasteiger partial charge in [-0.2, -0.15) is 13.2 Å². The Morgan fingerprint density at radius 1 is 1.06 bits per heavy atom. The van der Waals surface area contributed by atoms with Gasteiger partial charge in [-0.15, -0.1) is 0 Å². The van der Waals surface area contributed by atoms with Gasteiger partial charge in [0.05, 0.1) is 22.8 Å². The van der Waals surface area contributed by atoms with Crippen LogP contribution in [0.2, 0.25) is 0 Å². The zero-order valence-corrected chi connectivity index (χ0v) is 19.0. The maximum Gasteiger partial charge on any atom is 0.451 e. The lowest BCUT2D eigenvalue weighted by Crippen LogP contribution is -2.49. The molecule has 174 valence electrons. The van der Waals surface area contributed by atoms with E-state index in [-0.39, 0.29) is 45.8 Å². The molecule has 1 atom stereocenters. The van der Waals surface area contributed by atoms with E-state index in [4.69, 9.17) is 0 Å². The van der Waals surface area contributed by atoms with Crippen LogP contribution in [0, 0.1) is 0 Å². The lowest BCUT2D eigenvalue weighted by molar-refractivity contribution is -0.145. The number of benzene rings is 1. The van der Waals surface area contributed by atoms with E-state index in [0.29, 0.717) is 11.8 Å². The average molecular weight is 488 g/mol. The van der Waals surface area contributed by atoms with Crippen molar-refractivity contribution in [1.82, 2.24) is 14.9 Å². The molecule has 11 heteroatoms. The van der Waals surface area contributed by atoms with Gasteiger partial charge < -0.3 is 4.90 Å². The van der Waals surface area contributed by atoms with Gasteiger partial charge in [-0.25, -0.2) is 18.4 Å². The molecule has 2 heterocycles. The lowest BCUT2D eigenvalue weighted by Gasteiger charge is -2.38. The van der Waals surface area contributed by atoms with E-state index < -0.39 is 21.8 Å². The maximum atomic E-state index is 13.3. The zero-order valence-electron chi connectivity index (χ0n) is 17.3. The summed E-state index contributed by atoms with van der Waals surface area (Å²) in [4.78, 5) is 22.3. The van der Waals surface area contributed by atoms with Crippen LogP contribution in [0.4, 0.5) is 13.2 Å². The summed E-state index contributed by atoms with van der Waals surface area (Å²) in [5.41, 5.74) is 0.163. The van der Waals surface area contributed by atoms with E-state index in [1.165, 1.54) is 6.07 Å². The Hall–Kier alpha value is -1.88. The minimum absolute atomic E-state index is 0.0250. The Kier molecular flexibility index (Phi) is 6.67. The summed E-state index contributed by atoms with van der Waals surface area (Å²) in [7, 11) is -3.18. The maximum absolute atomic E-state index is 13.3. The van der Waals surface area contributed by atoms with Crippen molar-refractivity contribution in [3.8, 4) is 0 Å². The topological polar surface area (TPSA) is 80.2 Å². The number of carbonyl (C=O) groups excluding carboxylic acids is 1. The first kappa shape index (κ1) is 23.3. The summed E-state index contributed by atoms with van der Waals surface area (Å²) < 4.78 is 63.9. The van der Waals surface area contributed by atoms with Crippen molar-refractivity contribution in [2.75, 3.05) is 17.3 Å². The second-order valence-corrected chi connectivity index (χ2v) is 11.5. The molecule has 1 aliphatic carbocycles. The minimum Gasteiger partial charge on any atom is -0.335 e. The Balaban J connectivity index is 1.58. The summed E-state index contributed by atoms with van der Waals surface area (Å²) in [6.07, 6.45) is 0.394. The number of alkyl halides is 3. The largest absolute Gasteiger partial charge is 0.451 e. The number of rotatable bonds is 5. The van der Waals surface area contributed by atoms with Crippen LogP contribution >= 0.6 is 11.8 Å². The Morgan fingerprint density at radius 3 is 2.44 bits per heavy atom. The molecule has 1 aliphatic heterocycles. The summed E-state index contributed by atoms with van der Waals surface area (Å²) in [5.74, 6) is -1.58. The van der Waals surface area contributed by atoms with Gasteiger partial charge in [0.1, 0.15) is 5.03 Å². The van der Waals surface area contributed by atoms with Gasteiger partial charge in [0, 0.05) is 17.5 Å². The van der Waals surface area contributed by atoms with Gasteiger partial charge in [-0.1, -0.05) is 49.2 Å². The molecule has 32 heavy (non-hydrogen) atoms. The van der Waals surface area contributed by atoms with Crippen LogP contribution in [0.5, 0.6) is 0 Å². The SMILES string of the molecule is O=C(CSc1nc(C(F)(F)F)nc2ccccc12)N(C1CCCCC1)[C@H]1CCS(=O)(=O)C1. The number of hydrogen-bond donors (Lipinski definition) is 0. The first-order valence-corrected chi connectivity index (χ1v) is 13.4. The van der Waals surface area contributed by atoms with Crippen LogP contribution in [0.1, 0.15) is 44.3 Å². The highest BCUT2D eigenvalue weighted by molar-refractivity contribution is 8.00. The Morgan fingerprint density at radius 2 is 1.78 bits per heavy atom. The fourth-order valence-electron chi connectivity index (χ4n) is 4.55. The summed E-state index contributed by atoms with van der Waals surface area (Å²) in [6.45, 7) is 0. The van der Waals surface area contributed by atoms with Gasteiger partial charge in [0.15, 0.2) is 9.84 Å². The second-order valence-electron chi connectivity index (χ2n) is 8.31. The van der Waals surface area contributed by atoms with Gasteiger partial charge in [-0.3, -0.25) is 4.79 Å². The van der Waals surface area contributed by atoms with Crippen molar-refractivity contribution in [1.29, 1.82) is 0 Å². The monoisotopic (exact) mass is 487 g/mol. The molecule has 1 amide bonds. The van der Waals surface area contributed by atoms with Crippen LogP contribution < -0.4 is 0 Å². The third kappa shape index (κ3) is 5.19. The zero-order chi connectivity index (χ0) is 22.9. The van der Waals surface area contributed by atoms with Gasteiger partial charge in [0.2, 0.25) is 11.7 Å². The van der Waals surface area contributed by atoms with Crippen LogP contribution in [-0.2, 0) is 20.8 Å². The molecule has 0 spiro atoms.